The van der Waals surface area contributed by atoms with Gasteiger partial charge < -0.3 is 0 Å². The third kappa shape index (κ3) is 3.26. The zero-order chi connectivity index (χ0) is 16.1. The number of hydrogen-bond acceptors (Lipinski definition) is 4. The Morgan fingerprint density at radius 1 is 0.909 bits per heavy atom. The van der Waals surface area contributed by atoms with Crippen molar-refractivity contribution in [2.45, 2.75) is 5.82 Å². The van der Waals surface area contributed by atoms with Gasteiger partial charge in [0.2, 0.25) is 0 Å². The molecular formula is C17H18O4Se. The van der Waals surface area contributed by atoms with Crippen LogP contribution in [-0.2, 0) is 0 Å². The van der Waals surface area contributed by atoms with Gasteiger partial charge in [-0.15, -0.1) is 0 Å². The summed E-state index contributed by atoms with van der Waals surface area (Å²) in [6.07, 6.45) is 0. The molecule has 0 unspecified atom stereocenters. The van der Waals surface area contributed by atoms with Crippen LogP contribution in [0.3, 0.4) is 0 Å². The van der Waals surface area contributed by atoms with Crippen LogP contribution in [0.2, 0.25) is 5.82 Å². The van der Waals surface area contributed by atoms with Gasteiger partial charge in [-0.2, -0.15) is 0 Å². The van der Waals surface area contributed by atoms with Gasteiger partial charge in [-0.3, -0.25) is 0 Å². The number of benzene rings is 2. The second-order valence-corrected chi connectivity index (χ2v) is 6.25. The molecule has 4 nitrogen and oxygen atoms in total. The summed E-state index contributed by atoms with van der Waals surface area (Å²) in [5.41, 5.74) is 1.21. The van der Waals surface area contributed by atoms with Gasteiger partial charge in [-0.1, -0.05) is 0 Å². The average Bonchev–Trinajstić information content (AvgIpc) is 2.59. The van der Waals surface area contributed by atoms with E-state index in [2.05, 4.69) is 5.82 Å². The molecule has 0 saturated heterocycles. The zero-order valence-electron chi connectivity index (χ0n) is 13.0. The number of ether oxygens (including phenoxy) is 3. The van der Waals surface area contributed by atoms with Crippen LogP contribution in [0.4, 0.5) is 0 Å². The van der Waals surface area contributed by atoms with Crippen molar-refractivity contribution in [3.05, 3.63) is 47.5 Å². The average molecular weight is 365 g/mol. The molecule has 5 heteroatoms. The van der Waals surface area contributed by atoms with E-state index in [9.17, 15) is 4.79 Å². The van der Waals surface area contributed by atoms with E-state index in [0.29, 0.717) is 22.6 Å². The maximum atomic E-state index is 12.7. The van der Waals surface area contributed by atoms with Gasteiger partial charge in [0.15, 0.2) is 0 Å². The number of rotatable bonds is 6. The van der Waals surface area contributed by atoms with E-state index >= 15 is 0 Å². The second kappa shape index (κ2) is 7.34. The number of carbonyl (C=O) groups is 1. The Morgan fingerprint density at radius 3 is 2.09 bits per heavy atom. The number of ketones is 1. The van der Waals surface area contributed by atoms with Gasteiger partial charge in [0.05, 0.1) is 0 Å². The quantitative estimate of drug-likeness (QED) is 0.582. The maximum absolute atomic E-state index is 12.7. The summed E-state index contributed by atoms with van der Waals surface area (Å²) in [5, 5.41) is 0. The van der Waals surface area contributed by atoms with Crippen LogP contribution < -0.4 is 18.7 Å². The second-order valence-electron chi connectivity index (χ2n) is 4.47. The Bertz CT molecular complexity index is 640. The summed E-state index contributed by atoms with van der Waals surface area (Å²) in [6.45, 7) is 0. The molecule has 0 bridgehead atoms. The van der Waals surface area contributed by atoms with E-state index < -0.39 is 0 Å². The van der Waals surface area contributed by atoms with Gasteiger partial charge in [0, 0.05) is 0 Å². The molecule has 0 aliphatic heterocycles. The molecule has 0 atom stereocenters. The van der Waals surface area contributed by atoms with E-state index in [1.807, 2.05) is 6.07 Å². The van der Waals surface area contributed by atoms with E-state index in [4.69, 9.17) is 14.2 Å². The molecule has 0 fully saturated rings. The summed E-state index contributed by atoms with van der Waals surface area (Å²) >= 11 is 0.189. The van der Waals surface area contributed by atoms with Crippen molar-refractivity contribution in [1.29, 1.82) is 0 Å². The van der Waals surface area contributed by atoms with Crippen molar-refractivity contribution in [2.75, 3.05) is 21.3 Å². The SMILES string of the molecule is COc1ccc(C(=O)c2cc(OC)c(OC)c([Se]C)c2)cc1. The number of carbonyl (C=O) groups excluding carboxylic acids is 1. The predicted octanol–water partition coefficient (Wildman–Crippen LogP) is 2.32. The van der Waals surface area contributed by atoms with Crippen LogP contribution in [0.5, 0.6) is 17.2 Å². The Hall–Kier alpha value is -1.97. The first-order valence-electron chi connectivity index (χ1n) is 6.63. The van der Waals surface area contributed by atoms with Gasteiger partial charge in [0.25, 0.3) is 0 Å². The van der Waals surface area contributed by atoms with Gasteiger partial charge in [-0.25, -0.2) is 0 Å². The predicted molar refractivity (Wildman–Crippen MR) is 87.2 cm³/mol. The molecule has 0 spiro atoms. The topological polar surface area (TPSA) is 44.8 Å². The van der Waals surface area contributed by atoms with Gasteiger partial charge in [0.1, 0.15) is 0 Å². The molecule has 0 N–H and O–H groups in total. The van der Waals surface area contributed by atoms with Crippen LogP contribution in [0.25, 0.3) is 0 Å². The molecule has 2 rings (SSSR count). The van der Waals surface area contributed by atoms with Crippen LogP contribution in [0, 0.1) is 0 Å². The Morgan fingerprint density at radius 2 is 1.59 bits per heavy atom. The number of hydrogen-bond donors (Lipinski definition) is 0. The minimum absolute atomic E-state index is 0.0471. The molecule has 0 saturated carbocycles. The van der Waals surface area contributed by atoms with Crippen LogP contribution >= 0.6 is 0 Å². The standard InChI is InChI=1S/C17H18O4Se/c1-19-13-7-5-11(6-8-13)16(18)12-9-14(20-2)17(21-3)15(10-12)22-4/h5-10H,1-4H3. The Kier molecular flexibility index (Phi) is 5.47. The molecule has 0 heterocycles. The fourth-order valence-electron chi connectivity index (χ4n) is 2.12. The van der Waals surface area contributed by atoms with Crippen molar-refractivity contribution in [3.63, 3.8) is 0 Å². The normalized spacial score (nSPS) is 10.2. The van der Waals surface area contributed by atoms with Crippen molar-refractivity contribution >= 4 is 25.2 Å². The molecule has 2 aromatic rings. The van der Waals surface area contributed by atoms with Crippen molar-refractivity contribution in [1.82, 2.24) is 0 Å². The fraction of sp³-hybridized carbons (Fsp3) is 0.235. The van der Waals surface area contributed by atoms with E-state index in [-0.39, 0.29) is 20.7 Å². The van der Waals surface area contributed by atoms with Crippen LogP contribution in [0.15, 0.2) is 36.4 Å². The molecule has 0 amide bonds. The van der Waals surface area contributed by atoms with Crippen molar-refractivity contribution in [3.8, 4) is 17.2 Å². The summed E-state index contributed by atoms with van der Waals surface area (Å²) in [7, 11) is 4.78. The van der Waals surface area contributed by atoms with E-state index in [0.717, 1.165) is 10.2 Å². The summed E-state index contributed by atoms with van der Waals surface area (Å²) in [6, 6.07) is 10.7. The zero-order valence-corrected chi connectivity index (χ0v) is 14.7. The fourth-order valence-corrected chi connectivity index (χ4v) is 3.41. The Labute approximate surface area is 136 Å². The third-order valence-corrected chi connectivity index (χ3v) is 4.84. The minimum atomic E-state index is -0.0471. The molecule has 22 heavy (non-hydrogen) atoms. The van der Waals surface area contributed by atoms with Gasteiger partial charge in [-0.05, 0) is 0 Å². The third-order valence-electron chi connectivity index (χ3n) is 3.28. The summed E-state index contributed by atoms with van der Waals surface area (Å²) in [4.78, 5) is 12.7. The molecular weight excluding hydrogens is 347 g/mol. The van der Waals surface area contributed by atoms with Crippen molar-refractivity contribution < 1.29 is 19.0 Å². The molecule has 0 aliphatic rings. The van der Waals surface area contributed by atoms with E-state index in [1.165, 1.54) is 0 Å². The van der Waals surface area contributed by atoms with Crippen LogP contribution in [-0.4, -0.2) is 42.1 Å². The number of methoxy groups -OCH3 is 3. The summed E-state index contributed by atoms with van der Waals surface area (Å²) < 4.78 is 16.9. The van der Waals surface area contributed by atoms with E-state index in [1.54, 1.807) is 51.7 Å². The molecule has 0 radical (unpaired) electrons. The van der Waals surface area contributed by atoms with Crippen molar-refractivity contribution in [2.24, 2.45) is 0 Å². The Balaban J connectivity index is 2.44. The molecule has 0 aliphatic carbocycles. The van der Waals surface area contributed by atoms with Gasteiger partial charge >= 0.3 is 136 Å². The summed E-state index contributed by atoms with van der Waals surface area (Å²) in [5.74, 6) is 4.04. The monoisotopic (exact) mass is 366 g/mol. The first kappa shape index (κ1) is 16.4. The van der Waals surface area contributed by atoms with Crippen LogP contribution in [0.1, 0.15) is 15.9 Å². The first-order chi connectivity index (χ1) is 10.6. The molecule has 2 aromatic carbocycles. The molecule has 116 valence electrons. The molecule has 0 aromatic heterocycles. The first-order valence-corrected chi connectivity index (χ1v) is 9.20.